The lowest BCUT2D eigenvalue weighted by molar-refractivity contribution is -0.0455. The number of hydrogen-bond donors (Lipinski definition) is 1. The highest BCUT2D eigenvalue weighted by Crippen LogP contribution is 2.35. The third-order valence-electron chi connectivity index (χ3n) is 2.79. The quantitative estimate of drug-likeness (QED) is 0.866. The van der Waals surface area contributed by atoms with E-state index in [2.05, 4.69) is 0 Å². The van der Waals surface area contributed by atoms with Crippen molar-refractivity contribution in [1.29, 1.82) is 0 Å². The van der Waals surface area contributed by atoms with E-state index in [0.717, 1.165) is 11.3 Å². The van der Waals surface area contributed by atoms with E-state index >= 15 is 0 Å². The first-order valence-corrected chi connectivity index (χ1v) is 5.71. The summed E-state index contributed by atoms with van der Waals surface area (Å²) in [5, 5.41) is 10.3. The van der Waals surface area contributed by atoms with Gasteiger partial charge in [0.05, 0.1) is 19.3 Å². The van der Waals surface area contributed by atoms with Crippen molar-refractivity contribution < 1.29 is 14.6 Å². The summed E-state index contributed by atoms with van der Waals surface area (Å²) in [6.45, 7) is 0.571. The van der Waals surface area contributed by atoms with Crippen molar-refractivity contribution in [3.63, 3.8) is 0 Å². The first-order valence-electron chi connectivity index (χ1n) is 5.34. The van der Waals surface area contributed by atoms with Gasteiger partial charge in [0, 0.05) is 23.6 Å². The summed E-state index contributed by atoms with van der Waals surface area (Å²) in [5.41, 5.74) is 0.911. The third kappa shape index (κ3) is 2.48. The molecule has 1 aliphatic heterocycles. The zero-order chi connectivity index (χ0) is 11.5. The Morgan fingerprint density at radius 1 is 1.50 bits per heavy atom. The lowest BCUT2D eigenvalue weighted by Gasteiger charge is -2.27. The standard InChI is InChI=1S/C12H15ClO3/c1-15-11-3-2-8(13)6-10(11)12-7-9(14)4-5-16-12/h2-3,6,9,12,14H,4-5,7H2,1H3. The maximum Gasteiger partial charge on any atom is 0.124 e. The molecule has 0 bridgehead atoms. The molecule has 1 aliphatic rings. The molecule has 16 heavy (non-hydrogen) atoms. The maximum atomic E-state index is 9.62. The first kappa shape index (κ1) is 11.7. The molecule has 1 aromatic rings. The van der Waals surface area contributed by atoms with Crippen LogP contribution < -0.4 is 4.74 Å². The highest BCUT2D eigenvalue weighted by Gasteiger charge is 2.24. The third-order valence-corrected chi connectivity index (χ3v) is 3.03. The molecule has 88 valence electrons. The summed E-state index contributed by atoms with van der Waals surface area (Å²) < 4.78 is 10.9. The van der Waals surface area contributed by atoms with Gasteiger partial charge < -0.3 is 14.6 Å². The van der Waals surface area contributed by atoms with Crippen LogP contribution in [0.1, 0.15) is 24.5 Å². The van der Waals surface area contributed by atoms with Crippen LogP contribution in [0.2, 0.25) is 5.02 Å². The fourth-order valence-electron chi connectivity index (χ4n) is 1.95. The molecule has 2 unspecified atom stereocenters. The number of aliphatic hydroxyl groups excluding tert-OH is 1. The van der Waals surface area contributed by atoms with Crippen LogP contribution in [0, 0.1) is 0 Å². The average Bonchev–Trinajstić information content (AvgIpc) is 2.29. The highest BCUT2D eigenvalue weighted by molar-refractivity contribution is 6.30. The minimum absolute atomic E-state index is 0.127. The van der Waals surface area contributed by atoms with Crippen molar-refractivity contribution >= 4 is 11.6 Å². The van der Waals surface area contributed by atoms with E-state index in [1.165, 1.54) is 0 Å². The molecular formula is C12H15ClO3. The van der Waals surface area contributed by atoms with Crippen LogP contribution in [-0.2, 0) is 4.74 Å². The average molecular weight is 243 g/mol. The van der Waals surface area contributed by atoms with E-state index in [0.29, 0.717) is 24.5 Å². The number of methoxy groups -OCH3 is 1. The van der Waals surface area contributed by atoms with E-state index in [9.17, 15) is 5.11 Å². The molecule has 1 fully saturated rings. The van der Waals surface area contributed by atoms with Gasteiger partial charge in [-0.05, 0) is 24.6 Å². The van der Waals surface area contributed by atoms with Gasteiger partial charge >= 0.3 is 0 Å². The van der Waals surface area contributed by atoms with Gasteiger partial charge in [-0.25, -0.2) is 0 Å². The Balaban J connectivity index is 2.26. The second-order valence-corrected chi connectivity index (χ2v) is 4.36. The fourth-order valence-corrected chi connectivity index (χ4v) is 2.13. The molecule has 0 aromatic heterocycles. The molecule has 0 radical (unpaired) electrons. The molecule has 2 atom stereocenters. The Kier molecular flexibility index (Phi) is 3.69. The van der Waals surface area contributed by atoms with Crippen molar-refractivity contribution in [2.24, 2.45) is 0 Å². The Labute approximate surface area is 99.9 Å². The Hall–Kier alpha value is -0.770. The van der Waals surface area contributed by atoms with Gasteiger partial charge in [-0.3, -0.25) is 0 Å². The molecule has 0 spiro atoms. The molecule has 1 saturated heterocycles. The van der Waals surface area contributed by atoms with E-state index in [-0.39, 0.29) is 12.2 Å². The Bertz CT molecular complexity index is 367. The smallest absolute Gasteiger partial charge is 0.124 e. The maximum absolute atomic E-state index is 9.62. The zero-order valence-corrected chi connectivity index (χ0v) is 9.91. The zero-order valence-electron chi connectivity index (χ0n) is 9.15. The normalized spacial score (nSPS) is 25.4. The summed E-state index contributed by atoms with van der Waals surface area (Å²) in [5.74, 6) is 0.753. The van der Waals surface area contributed by atoms with Gasteiger partial charge in [0.1, 0.15) is 5.75 Å². The molecular weight excluding hydrogens is 228 g/mol. The van der Waals surface area contributed by atoms with Crippen molar-refractivity contribution in [3.8, 4) is 5.75 Å². The van der Waals surface area contributed by atoms with Crippen molar-refractivity contribution in [2.75, 3.05) is 13.7 Å². The topological polar surface area (TPSA) is 38.7 Å². The highest BCUT2D eigenvalue weighted by atomic mass is 35.5. The summed E-state index contributed by atoms with van der Waals surface area (Å²) >= 11 is 5.96. The first-order chi connectivity index (χ1) is 7.70. The summed E-state index contributed by atoms with van der Waals surface area (Å²) in [4.78, 5) is 0. The van der Waals surface area contributed by atoms with Crippen LogP contribution in [0.15, 0.2) is 18.2 Å². The number of ether oxygens (including phenoxy) is 2. The molecule has 0 saturated carbocycles. The lowest BCUT2D eigenvalue weighted by Crippen LogP contribution is -2.23. The number of hydrogen-bond acceptors (Lipinski definition) is 3. The van der Waals surface area contributed by atoms with Crippen LogP contribution in [-0.4, -0.2) is 24.9 Å². The van der Waals surface area contributed by atoms with Crippen LogP contribution in [0.25, 0.3) is 0 Å². The number of aliphatic hydroxyl groups is 1. The Morgan fingerprint density at radius 3 is 3.00 bits per heavy atom. The Morgan fingerprint density at radius 2 is 2.31 bits per heavy atom. The van der Waals surface area contributed by atoms with E-state index in [1.54, 1.807) is 13.2 Å². The second-order valence-electron chi connectivity index (χ2n) is 3.92. The monoisotopic (exact) mass is 242 g/mol. The van der Waals surface area contributed by atoms with Crippen molar-refractivity contribution in [1.82, 2.24) is 0 Å². The van der Waals surface area contributed by atoms with Gasteiger partial charge in [0.25, 0.3) is 0 Å². The van der Waals surface area contributed by atoms with Gasteiger partial charge in [-0.2, -0.15) is 0 Å². The molecule has 1 heterocycles. The molecule has 1 N–H and O–H groups in total. The van der Waals surface area contributed by atoms with E-state index in [4.69, 9.17) is 21.1 Å². The summed E-state index contributed by atoms with van der Waals surface area (Å²) in [7, 11) is 1.62. The SMILES string of the molecule is COc1ccc(Cl)cc1C1CC(O)CCO1. The number of rotatable bonds is 2. The molecule has 0 amide bonds. The molecule has 0 aliphatic carbocycles. The van der Waals surface area contributed by atoms with Gasteiger partial charge in [0.15, 0.2) is 0 Å². The van der Waals surface area contributed by atoms with Gasteiger partial charge in [-0.1, -0.05) is 11.6 Å². The number of halogens is 1. The van der Waals surface area contributed by atoms with Crippen molar-refractivity contribution in [3.05, 3.63) is 28.8 Å². The van der Waals surface area contributed by atoms with Gasteiger partial charge in [-0.15, -0.1) is 0 Å². The largest absolute Gasteiger partial charge is 0.496 e. The predicted octanol–water partition coefficient (Wildman–Crippen LogP) is 2.56. The van der Waals surface area contributed by atoms with E-state index in [1.807, 2.05) is 12.1 Å². The molecule has 3 nitrogen and oxygen atoms in total. The van der Waals surface area contributed by atoms with Crippen LogP contribution in [0.5, 0.6) is 5.75 Å². The number of benzene rings is 1. The van der Waals surface area contributed by atoms with Crippen LogP contribution in [0.4, 0.5) is 0 Å². The molecule has 1 aromatic carbocycles. The molecule has 4 heteroatoms. The van der Waals surface area contributed by atoms with Gasteiger partial charge in [0.2, 0.25) is 0 Å². The minimum atomic E-state index is -0.303. The lowest BCUT2D eigenvalue weighted by atomic mass is 9.98. The van der Waals surface area contributed by atoms with Crippen LogP contribution >= 0.6 is 11.6 Å². The predicted molar refractivity (Wildman–Crippen MR) is 61.9 cm³/mol. The summed E-state index contributed by atoms with van der Waals surface area (Å²) in [6, 6.07) is 5.44. The van der Waals surface area contributed by atoms with Crippen LogP contribution in [0.3, 0.4) is 0 Å². The second kappa shape index (κ2) is 5.04. The summed E-state index contributed by atoms with van der Waals surface area (Å²) in [6.07, 6.45) is 0.857. The fraction of sp³-hybridized carbons (Fsp3) is 0.500. The minimum Gasteiger partial charge on any atom is -0.496 e. The molecule has 2 rings (SSSR count). The van der Waals surface area contributed by atoms with E-state index < -0.39 is 0 Å². The van der Waals surface area contributed by atoms with Crippen molar-refractivity contribution in [2.45, 2.75) is 25.0 Å².